The molecule has 0 saturated carbocycles. The van der Waals surface area contributed by atoms with Crippen LogP contribution in [-0.2, 0) is 0 Å². The zero-order valence-electron chi connectivity index (χ0n) is 8.67. The third kappa shape index (κ3) is 1.65. The summed E-state index contributed by atoms with van der Waals surface area (Å²) in [4.78, 5) is 14.7. The number of H-pyrrole nitrogens is 1. The zero-order chi connectivity index (χ0) is 11.0. The number of benzene rings is 1. The molecule has 0 atom stereocenters. The van der Waals surface area contributed by atoms with Gasteiger partial charge in [-0.1, -0.05) is 13.8 Å². The van der Waals surface area contributed by atoms with Crippen LogP contribution in [0.1, 0.15) is 24.2 Å². The lowest BCUT2D eigenvalue weighted by Gasteiger charge is -2.01. The van der Waals surface area contributed by atoms with Gasteiger partial charge >= 0.3 is 0 Å². The first kappa shape index (κ1) is 9.90. The van der Waals surface area contributed by atoms with Crippen LogP contribution >= 0.6 is 0 Å². The molecule has 1 heterocycles. The van der Waals surface area contributed by atoms with E-state index in [0.717, 1.165) is 5.39 Å². The molecule has 0 unspecified atom stereocenters. The summed E-state index contributed by atoms with van der Waals surface area (Å²) in [6.07, 6.45) is 1.65. The summed E-state index contributed by atoms with van der Waals surface area (Å²) in [6.45, 7) is 3.70. The van der Waals surface area contributed by atoms with Gasteiger partial charge in [0.15, 0.2) is 5.78 Å². The minimum Gasteiger partial charge on any atom is -0.360 e. The number of ketones is 1. The van der Waals surface area contributed by atoms with E-state index in [1.54, 1.807) is 12.3 Å². The molecule has 1 aromatic carbocycles. The molecular formula is C12H12FNO. The Morgan fingerprint density at radius 3 is 2.80 bits per heavy atom. The van der Waals surface area contributed by atoms with Gasteiger partial charge in [-0.2, -0.15) is 0 Å². The predicted molar refractivity (Wildman–Crippen MR) is 57.4 cm³/mol. The van der Waals surface area contributed by atoms with Crippen molar-refractivity contribution in [1.82, 2.24) is 4.98 Å². The highest BCUT2D eigenvalue weighted by Crippen LogP contribution is 2.21. The van der Waals surface area contributed by atoms with Crippen LogP contribution in [0.2, 0.25) is 0 Å². The molecule has 0 spiro atoms. The van der Waals surface area contributed by atoms with Gasteiger partial charge < -0.3 is 4.98 Å². The standard InChI is InChI=1S/C12H12FNO/c1-7(2)12(15)10-6-14-11-5-8(13)3-4-9(10)11/h3-7,14H,1-2H3. The first-order valence-electron chi connectivity index (χ1n) is 4.90. The number of carbonyl (C=O) groups is 1. The van der Waals surface area contributed by atoms with E-state index in [-0.39, 0.29) is 17.5 Å². The molecule has 2 aromatic rings. The third-order valence-electron chi connectivity index (χ3n) is 2.43. The van der Waals surface area contributed by atoms with Gasteiger partial charge in [-0.3, -0.25) is 4.79 Å². The van der Waals surface area contributed by atoms with E-state index in [1.807, 2.05) is 13.8 Å². The van der Waals surface area contributed by atoms with Crippen LogP contribution in [0.4, 0.5) is 4.39 Å². The number of halogens is 1. The van der Waals surface area contributed by atoms with Crippen LogP contribution < -0.4 is 0 Å². The molecule has 0 aliphatic rings. The van der Waals surface area contributed by atoms with Gasteiger partial charge in [0.25, 0.3) is 0 Å². The second kappa shape index (κ2) is 3.50. The number of nitrogens with one attached hydrogen (secondary N) is 1. The van der Waals surface area contributed by atoms with Crippen LogP contribution in [0.25, 0.3) is 10.9 Å². The van der Waals surface area contributed by atoms with Gasteiger partial charge in [-0.05, 0) is 18.2 Å². The van der Waals surface area contributed by atoms with Gasteiger partial charge in [0.1, 0.15) is 5.82 Å². The molecule has 0 aliphatic heterocycles. The highest BCUT2D eigenvalue weighted by atomic mass is 19.1. The summed E-state index contributed by atoms with van der Waals surface area (Å²) >= 11 is 0. The summed E-state index contributed by atoms with van der Waals surface area (Å²) in [5.74, 6) is -0.269. The highest BCUT2D eigenvalue weighted by molar-refractivity contribution is 6.08. The largest absolute Gasteiger partial charge is 0.360 e. The van der Waals surface area contributed by atoms with E-state index >= 15 is 0 Å². The normalized spacial score (nSPS) is 11.2. The van der Waals surface area contributed by atoms with Crippen LogP contribution in [0.5, 0.6) is 0 Å². The molecule has 1 aromatic heterocycles. The first-order valence-corrected chi connectivity index (χ1v) is 4.90. The summed E-state index contributed by atoms with van der Waals surface area (Å²) in [6, 6.07) is 4.40. The van der Waals surface area contributed by atoms with Crippen LogP contribution in [-0.4, -0.2) is 10.8 Å². The van der Waals surface area contributed by atoms with Crippen LogP contribution in [0, 0.1) is 11.7 Å². The number of fused-ring (bicyclic) bond motifs is 1. The average molecular weight is 205 g/mol. The van der Waals surface area contributed by atoms with Crippen molar-refractivity contribution in [3.63, 3.8) is 0 Å². The summed E-state index contributed by atoms with van der Waals surface area (Å²) in [5.41, 5.74) is 1.30. The number of rotatable bonds is 2. The number of aromatic amines is 1. The molecule has 0 saturated heterocycles. The number of Topliss-reactive ketones (excluding diaryl/α,β-unsaturated/α-hetero) is 1. The molecular weight excluding hydrogens is 193 g/mol. The molecule has 2 rings (SSSR count). The van der Waals surface area contributed by atoms with Crippen molar-refractivity contribution in [2.24, 2.45) is 5.92 Å². The van der Waals surface area contributed by atoms with Gasteiger partial charge in [0.2, 0.25) is 0 Å². The smallest absolute Gasteiger partial charge is 0.167 e. The zero-order valence-corrected chi connectivity index (χ0v) is 8.67. The molecule has 0 fully saturated rings. The molecule has 3 heteroatoms. The molecule has 0 bridgehead atoms. The minimum atomic E-state index is -0.298. The Balaban J connectivity index is 2.59. The first-order chi connectivity index (χ1) is 7.09. The molecule has 15 heavy (non-hydrogen) atoms. The van der Waals surface area contributed by atoms with Gasteiger partial charge in [-0.25, -0.2) is 4.39 Å². The monoisotopic (exact) mass is 205 g/mol. The average Bonchev–Trinajstić information content (AvgIpc) is 2.59. The van der Waals surface area contributed by atoms with E-state index in [2.05, 4.69) is 4.98 Å². The Morgan fingerprint density at radius 1 is 1.40 bits per heavy atom. The topological polar surface area (TPSA) is 32.9 Å². The SMILES string of the molecule is CC(C)C(=O)c1c[nH]c2cc(F)ccc12. The Labute approximate surface area is 87.1 Å². The Bertz CT molecular complexity index is 513. The van der Waals surface area contributed by atoms with Gasteiger partial charge in [-0.15, -0.1) is 0 Å². The van der Waals surface area contributed by atoms with Gasteiger partial charge in [0.05, 0.1) is 0 Å². The molecule has 2 nitrogen and oxygen atoms in total. The predicted octanol–water partition coefficient (Wildman–Crippen LogP) is 3.15. The van der Waals surface area contributed by atoms with E-state index in [0.29, 0.717) is 11.1 Å². The Morgan fingerprint density at radius 2 is 2.13 bits per heavy atom. The maximum absolute atomic E-state index is 12.9. The fourth-order valence-corrected chi connectivity index (χ4v) is 1.61. The van der Waals surface area contributed by atoms with E-state index < -0.39 is 0 Å². The van der Waals surface area contributed by atoms with Crippen molar-refractivity contribution < 1.29 is 9.18 Å². The van der Waals surface area contributed by atoms with Crippen molar-refractivity contribution in [3.05, 3.63) is 35.8 Å². The van der Waals surface area contributed by atoms with Crippen LogP contribution in [0.3, 0.4) is 0 Å². The van der Waals surface area contributed by atoms with Crippen molar-refractivity contribution in [2.45, 2.75) is 13.8 Å². The van der Waals surface area contributed by atoms with Crippen molar-refractivity contribution in [2.75, 3.05) is 0 Å². The van der Waals surface area contributed by atoms with Crippen molar-refractivity contribution in [1.29, 1.82) is 0 Å². The molecule has 78 valence electrons. The minimum absolute atomic E-state index is 0.0472. The Hall–Kier alpha value is -1.64. The fourth-order valence-electron chi connectivity index (χ4n) is 1.61. The lowest BCUT2D eigenvalue weighted by molar-refractivity contribution is 0.0941. The third-order valence-corrected chi connectivity index (χ3v) is 2.43. The molecule has 0 amide bonds. The summed E-state index contributed by atoms with van der Waals surface area (Å²) < 4.78 is 12.9. The lowest BCUT2D eigenvalue weighted by atomic mass is 10.0. The molecule has 0 aliphatic carbocycles. The van der Waals surface area contributed by atoms with Crippen molar-refractivity contribution in [3.8, 4) is 0 Å². The molecule has 1 N–H and O–H groups in total. The second-order valence-electron chi connectivity index (χ2n) is 3.91. The van der Waals surface area contributed by atoms with E-state index in [9.17, 15) is 9.18 Å². The number of aromatic nitrogens is 1. The maximum atomic E-state index is 12.9. The van der Waals surface area contributed by atoms with Crippen LogP contribution in [0.15, 0.2) is 24.4 Å². The highest BCUT2D eigenvalue weighted by Gasteiger charge is 2.15. The number of carbonyl (C=O) groups excluding carboxylic acids is 1. The summed E-state index contributed by atoms with van der Waals surface area (Å²) in [7, 11) is 0. The van der Waals surface area contributed by atoms with E-state index in [1.165, 1.54) is 12.1 Å². The lowest BCUT2D eigenvalue weighted by Crippen LogP contribution is -2.06. The Kier molecular flexibility index (Phi) is 2.31. The number of hydrogen-bond donors (Lipinski definition) is 1. The second-order valence-corrected chi connectivity index (χ2v) is 3.91. The quantitative estimate of drug-likeness (QED) is 0.750. The van der Waals surface area contributed by atoms with E-state index in [4.69, 9.17) is 0 Å². The fraction of sp³-hybridized carbons (Fsp3) is 0.250. The molecule has 0 radical (unpaired) electrons. The van der Waals surface area contributed by atoms with Gasteiger partial charge in [0, 0.05) is 28.6 Å². The van der Waals surface area contributed by atoms with Crippen molar-refractivity contribution >= 4 is 16.7 Å². The maximum Gasteiger partial charge on any atom is 0.167 e. The number of hydrogen-bond acceptors (Lipinski definition) is 1. The summed E-state index contributed by atoms with van der Waals surface area (Å²) in [5, 5.41) is 0.787.